The molecule has 2 aromatic carbocycles. The van der Waals surface area contributed by atoms with Gasteiger partial charge in [0.1, 0.15) is 12.2 Å². The van der Waals surface area contributed by atoms with Crippen LogP contribution in [0.1, 0.15) is 49.5 Å². The predicted molar refractivity (Wildman–Crippen MR) is 88.7 cm³/mol. The lowest BCUT2D eigenvalue weighted by atomic mass is 9.99. The minimum atomic E-state index is -0.390. The Bertz CT molecular complexity index is 662. The molecule has 2 nitrogen and oxygen atoms in total. The molecule has 4 atom stereocenters. The quantitative estimate of drug-likeness (QED) is 0.774. The Morgan fingerprint density at radius 3 is 1.74 bits per heavy atom. The average Bonchev–Trinajstić information content (AvgIpc) is 3.02. The number of rotatable bonds is 2. The van der Waals surface area contributed by atoms with Crippen molar-refractivity contribution in [2.75, 3.05) is 0 Å². The Morgan fingerprint density at radius 1 is 0.826 bits per heavy atom. The maximum Gasteiger partial charge on any atom is 0.175 e. The van der Waals surface area contributed by atoms with E-state index in [9.17, 15) is 0 Å². The highest BCUT2D eigenvalue weighted by Gasteiger charge is 2.73. The van der Waals surface area contributed by atoms with Gasteiger partial charge < -0.3 is 9.47 Å². The zero-order valence-electron chi connectivity index (χ0n) is 13.4. The summed E-state index contributed by atoms with van der Waals surface area (Å²) in [5.41, 5.74) is 2.64. The first-order chi connectivity index (χ1) is 11.2. The van der Waals surface area contributed by atoms with Crippen molar-refractivity contribution in [1.82, 2.24) is 0 Å². The highest BCUT2D eigenvalue weighted by molar-refractivity contribution is 5.28. The van der Waals surface area contributed by atoms with E-state index in [1.54, 1.807) is 0 Å². The monoisotopic (exact) mass is 306 g/mol. The van der Waals surface area contributed by atoms with Gasteiger partial charge in [0, 0.05) is 11.8 Å². The van der Waals surface area contributed by atoms with Crippen LogP contribution < -0.4 is 0 Å². The summed E-state index contributed by atoms with van der Waals surface area (Å²) < 4.78 is 13.4. The number of benzene rings is 2. The molecule has 2 aromatic rings. The van der Waals surface area contributed by atoms with E-state index < -0.39 is 5.79 Å². The molecule has 0 bridgehead atoms. The minimum Gasteiger partial charge on any atom is -0.338 e. The molecule has 2 aliphatic carbocycles. The lowest BCUT2D eigenvalue weighted by Gasteiger charge is -2.31. The van der Waals surface area contributed by atoms with E-state index in [1.165, 1.54) is 24.0 Å². The highest BCUT2D eigenvalue weighted by atomic mass is 16.8. The van der Waals surface area contributed by atoms with Gasteiger partial charge in [-0.05, 0) is 29.9 Å². The predicted octanol–water partition coefficient (Wildman–Crippen LogP) is 5.03. The molecule has 5 rings (SSSR count). The molecule has 1 aliphatic heterocycles. The normalized spacial score (nSPS) is 37.0. The van der Waals surface area contributed by atoms with E-state index >= 15 is 0 Å². The number of fused-ring (bicyclic) bond motifs is 2. The zero-order valence-corrected chi connectivity index (χ0v) is 13.4. The van der Waals surface area contributed by atoms with Crippen molar-refractivity contribution in [1.29, 1.82) is 0 Å². The van der Waals surface area contributed by atoms with Gasteiger partial charge in [-0.1, -0.05) is 67.6 Å². The lowest BCUT2D eigenvalue weighted by molar-refractivity contribution is -0.212. The van der Waals surface area contributed by atoms with Gasteiger partial charge in [-0.15, -0.1) is 0 Å². The summed E-state index contributed by atoms with van der Waals surface area (Å²) in [5.74, 6) is 0.395. The molecule has 1 saturated heterocycles. The summed E-state index contributed by atoms with van der Waals surface area (Å²) in [5, 5.41) is 0. The molecular formula is C21H22O2. The summed E-state index contributed by atoms with van der Waals surface area (Å²) in [6, 6.07) is 21.1. The molecule has 0 amide bonds. The molecule has 0 N–H and O–H groups in total. The van der Waals surface area contributed by atoms with Crippen molar-refractivity contribution < 1.29 is 9.47 Å². The van der Waals surface area contributed by atoms with Crippen LogP contribution in [0.25, 0.3) is 0 Å². The van der Waals surface area contributed by atoms with E-state index in [4.69, 9.17) is 9.47 Å². The first-order valence-corrected chi connectivity index (χ1v) is 8.67. The van der Waals surface area contributed by atoms with Crippen molar-refractivity contribution in [3.8, 4) is 0 Å². The van der Waals surface area contributed by atoms with Crippen LogP contribution in [0.4, 0.5) is 0 Å². The van der Waals surface area contributed by atoms with Gasteiger partial charge in [0.2, 0.25) is 0 Å². The van der Waals surface area contributed by atoms with Gasteiger partial charge in [0.15, 0.2) is 5.79 Å². The molecule has 0 aromatic heterocycles. The second-order valence-electron chi connectivity index (χ2n) is 7.51. The number of hydrogen-bond donors (Lipinski definition) is 0. The fraction of sp³-hybridized carbons (Fsp3) is 0.429. The van der Waals surface area contributed by atoms with Crippen LogP contribution in [0.3, 0.4) is 0 Å². The average molecular weight is 306 g/mol. The smallest absolute Gasteiger partial charge is 0.175 e. The molecule has 0 unspecified atom stereocenters. The summed E-state index contributed by atoms with van der Waals surface area (Å²) >= 11 is 0. The number of hydrogen-bond acceptors (Lipinski definition) is 2. The molecule has 3 fully saturated rings. The summed E-state index contributed by atoms with van der Waals surface area (Å²) in [4.78, 5) is 0. The van der Waals surface area contributed by atoms with Crippen LogP contribution in [0.15, 0.2) is 60.7 Å². The highest BCUT2D eigenvalue weighted by Crippen LogP contribution is 2.73. The van der Waals surface area contributed by atoms with Crippen LogP contribution in [0.2, 0.25) is 0 Å². The Balaban J connectivity index is 1.57. The third-order valence-corrected chi connectivity index (χ3v) is 6.27. The van der Waals surface area contributed by atoms with E-state index in [2.05, 4.69) is 67.6 Å². The maximum absolute atomic E-state index is 6.70. The van der Waals surface area contributed by atoms with E-state index in [1.807, 2.05) is 0 Å². The molecule has 23 heavy (non-hydrogen) atoms. The van der Waals surface area contributed by atoms with Gasteiger partial charge in [-0.25, -0.2) is 0 Å². The molecule has 2 saturated carbocycles. The maximum atomic E-state index is 6.70. The Labute approximate surface area is 137 Å². The van der Waals surface area contributed by atoms with Crippen LogP contribution >= 0.6 is 0 Å². The standard InChI is InChI=1S/C21H22O2/c1-20-14-17(20)12-13-21(20)22-18(15-8-4-2-5-9-15)19(23-21)16-10-6-3-7-11-16/h2-11,17-19H,12-14H2,1H3/t17-,18+,19+,20+/m1/s1. The Hall–Kier alpha value is -1.64. The first-order valence-electron chi connectivity index (χ1n) is 8.67. The van der Waals surface area contributed by atoms with Crippen LogP contribution in [-0.4, -0.2) is 5.79 Å². The summed E-state index contributed by atoms with van der Waals surface area (Å²) in [6.07, 6.45) is 3.47. The molecule has 1 heterocycles. The molecule has 2 heteroatoms. The van der Waals surface area contributed by atoms with Crippen molar-refractivity contribution in [2.45, 2.75) is 44.2 Å². The topological polar surface area (TPSA) is 18.5 Å². The van der Waals surface area contributed by atoms with Crippen molar-refractivity contribution in [3.63, 3.8) is 0 Å². The fourth-order valence-electron chi connectivity index (χ4n) is 4.71. The van der Waals surface area contributed by atoms with Crippen molar-refractivity contribution in [2.24, 2.45) is 11.3 Å². The van der Waals surface area contributed by atoms with Crippen molar-refractivity contribution >= 4 is 0 Å². The van der Waals surface area contributed by atoms with Gasteiger partial charge in [-0.3, -0.25) is 0 Å². The van der Waals surface area contributed by atoms with Crippen LogP contribution in [0.5, 0.6) is 0 Å². The van der Waals surface area contributed by atoms with E-state index in [-0.39, 0.29) is 17.6 Å². The third kappa shape index (κ3) is 1.88. The fourth-order valence-corrected chi connectivity index (χ4v) is 4.71. The van der Waals surface area contributed by atoms with Gasteiger partial charge in [0.25, 0.3) is 0 Å². The van der Waals surface area contributed by atoms with Gasteiger partial charge in [0.05, 0.1) is 0 Å². The first kappa shape index (κ1) is 13.8. The molecule has 0 radical (unpaired) electrons. The summed E-state index contributed by atoms with van der Waals surface area (Å²) in [6.45, 7) is 2.35. The van der Waals surface area contributed by atoms with Gasteiger partial charge >= 0.3 is 0 Å². The van der Waals surface area contributed by atoms with E-state index in [0.717, 1.165) is 12.3 Å². The second-order valence-corrected chi connectivity index (χ2v) is 7.51. The second kappa shape index (κ2) is 4.68. The largest absolute Gasteiger partial charge is 0.338 e. The SMILES string of the molecule is C[C@]12C[C@H]1CCC21O[C@@H](c2ccccc2)[C@H](c2ccccc2)O1. The summed E-state index contributed by atoms with van der Waals surface area (Å²) in [7, 11) is 0. The third-order valence-electron chi connectivity index (χ3n) is 6.27. The van der Waals surface area contributed by atoms with Gasteiger partial charge in [-0.2, -0.15) is 0 Å². The molecule has 1 spiro atoms. The Morgan fingerprint density at radius 2 is 1.35 bits per heavy atom. The molecule has 118 valence electrons. The molecule has 3 aliphatic rings. The Kier molecular flexibility index (Phi) is 2.80. The zero-order chi connectivity index (χ0) is 15.5. The van der Waals surface area contributed by atoms with Crippen LogP contribution in [-0.2, 0) is 9.47 Å². The van der Waals surface area contributed by atoms with E-state index in [0.29, 0.717) is 0 Å². The van der Waals surface area contributed by atoms with Crippen LogP contribution in [0, 0.1) is 11.3 Å². The minimum absolute atomic E-state index is 0.0187. The lowest BCUT2D eigenvalue weighted by Crippen LogP contribution is -2.36. The number of ether oxygens (including phenoxy) is 2. The van der Waals surface area contributed by atoms with Crippen molar-refractivity contribution in [3.05, 3.63) is 71.8 Å². The molecular weight excluding hydrogens is 284 g/mol.